The molecule has 1 rings (SSSR count). The fourth-order valence-electron chi connectivity index (χ4n) is 1.78. The van der Waals surface area contributed by atoms with Gasteiger partial charge in [-0.1, -0.05) is 19.9 Å². The van der Waals surface area contributed by atoms with Gasteiger partial charge in [0.1, 0.15) is 0 Å². The first-order valence-corrected chi connectivity index (χ1v) is 7.30. The molecule has 1 aromatic heterocycles. The monoisotopic (exact) mass is 270 g/mol. The van der Waals surface area contributed by atoms with E-state index in [1.807, 2.05) is 24.4 Å². The van der Waals surface area contributed by atoms with Gasteiger partial charge in [-0.25, -0.2) is 4.79 Å². The number of aliphatic hydroxyl groups excluding tert-OH is 1. The molecule has 0 spiro atoms. The second-order valence-electron chi connectivity index (χ2n) is 4.21. The van der Waals surface area contributed by atoms with Gasteiger partial charge in [0.05, 0.1) is 6.04 Å². The Hall–Kier alpha value is -1.07. The number of nitrogens with one attached hydrogen (secondary N) is 2. The van der Waals surface area contributed by atoms with Crippen molar-refractivity contribution in [3.05, 3.63) is 22.4 Å². The van der Waals surface area contributed by atoms with Crippen molar-refractivity contribution in [2.24, 2.45) is 0 Å². The molecule has 1 heterocycles. The number of rotatable bonds is 7. The van der Waals surface area contributed by atoms with Crippen LogP contribution in [0.3, 0.4) is 0 Å². The zero-order valence-corrected chi connectivity index (χ0v) is 11.8. The molecule has 0 saturated heterocycles. The van der Waals surface area contributed by atoms with Crippen LogP contribution in [-0.2, 0) is 0 Å². The van der Waals surface area contributed by atoms with Crippen molar-refractivity contribution in [2.45, 2.75) is 45.2 Å². The van der Waals surface area contributed by atoms with E-state index in [1.54, 1.807) is 11.3 Å². The second kappa shape index (κ2) is 8.11. The van der Waals surface area contributed by atoms with Gasteiger partial charge >= 0.3 is 6.03 Å². The lowest BCUT2D eigenvalue weighted by Gasteiger charge is -2.20. The highest BCUT2D eigenvalue weighted by Crippen LogP contribution is 2.21. The summed E-state index contributed by atoms with van der Waals surface area (Å²) in [6, 6.07) is 3.97. The van der Waals surface area contributed by atoms with Crippen LogP contribution in [0.4, 0.5) is 4.79 Å². The Kier molecular flexibility index (Phi) is 6.75. The summed E-state index contributed by atoms with van der Waals surface area (Å²) in [5, 5.41) is 16.8. The minimum absolute atomic E-state index is 0.0378. The Bertz CT molecular complexity index is 341. The predicted octanol–water partition coefficient (Wildman–Crippen LogP) is 2.66. The van der Waals surface area contributed by atoms with Gasteiger partial charge in [-0.05, 0) is 30.7 Å². The van der Waals surface area contributed by atoms with Gasteiger partial charge in [-0.15, -0.1) is 11.3 Å². The fraction of sp³-hybridized carbons (Fsp3) is 0.615. The summed E-state index contributed by atoms with van der Waals surface area (Å²) < 4.78 is 0. The number of thiophene rings is 1. The molecule has 0 radical (unpaired) electrons. The molecule has 3 N–H and O–H groups in total. The highest BCUT2D eigenvalue weighted by atomic mass is 32.1. The summed E-state index contributed by atoms with van der Waals surface area (Å²) in [6.07, 6.45) is 2.29. The van der Waals surface area contributed by atoms with Crippen molar-refractivity contribution >= 4 is 17.4 Å². The third-order valence-corrected chi connectivity index (χ3v) is 3.89. The lowest BCUT2D eigenvalue weighted by molar-refractivity contribution is 0.224. The Morgan fingerprint density at radius 1 is 1.39 bits per heavy atom. The van der Waals surface area contributed by atoms with Crippen LogP contribution in [0.1, 0.15) is 44.0 Å². The maximum absolute atomic E-state index is 11.9. The van der Waals surface area contributed by atoms with Crippen molar-refractivity contribution in [2.75, 3.05) is 6.61 Å². The van der Waals surface area contributed by atoms with E-state index in [-0.39, 0.29) is 24.7 Å². The molecular formula is C13H22N2O2S. The van der Waals surface area contributed by atoms with Crippen LogP contribution in [0.25, 0.3) is 0 Å². The summed E-state index contributed by atoms with van der Waals surface area (Å²) in [4.78, 5) is 13.0. The van der Waals surface area contributed by atoms with Crippen molar-refractivity contribution in [3.8, 4) is 0 Å². The van der Waals surface area contributed by atoms with Crippen molar-refractivity contribution in [1.82, 2.24) is 10.6 Å². The lowest BCUT2D eigenvalue weighted by Crippen LogP contribution is -2.43. The zero-order chi connectivity index (χ0) is 13.4. The summed E-state index contributed by atoms with van der Waals surface area (Å²) >= 11 is 1.65. The van der Waals surface area contributed by atoms with Gasteiger partial charge in [-0.2, -0.15) is 0 Å². The van der Waals surface area contributed by atoms with Crippen LogP contribution in [0.5, 0.6) is 0 Å². The molecule has 5 heteroatoms. The molecule has 0 aliphatic carbocycles. The van der Waals surface area contributed by atoms with Crippen LogP contribution in [-0.4, -0.2) is 23.8 Å². The van der Waals surface area contributed by atoms with E-state index < -0.39 is 0 Å². The molecule has 0 fully saturated rings. The average molecular weight is 270 g/mol. The predicted molar refractivity (Wildman–Crippen MR) is 74.8 cm³/mol. The number of amides is 2. The first-order valence-electron chi connectivity index (χ1n) is 6.42. The average Bonchev–Trinajstić information content (AvgIpc) is 2.89. The summed E-state index contributed by atoms with van der Waals surface area (Å²) in [5.74, 6) is 0. The highest BCUT2D eigenvalue weighted by molar-refractivity contribution is 7.10. The fourth-order valence-corrected chi connectivity index (χ4v) is 2.64. The molecule has 18 heavy (non-hydrogen) atoms. The molecule has 4 nitrogen and oxygen atoms in total. The number of hydrogen-bond acceptors (Lipinski definition) is 3. The van der Waals surface area contributed by atoms with E-state index in [1.165, 1.54) is 4.88 Å². The zero-order valence-electron chi connectivity index (χ0n) is 11.0. The number of aliphatic hydroxyl groups is 1. The van der Waals surface area contributed by atoms with Crippen molar-refractivity contribution in [1.29, 1.82) is 0 Å². The summed E-state index contributed by atoms with van der Waals surface area (Å²) in [5.41, 5.74) is 0. The topological polar surface area (TPSA) is 61.4 Å². The molecule has 0 saturated carbocycles. The number of carbonyl (C=O) groups is 1. The van der Waals surface area contributed by atoms with Crippen molar-refractivity contribution in [3.63, 3.8) is 0 Å². The van der Waals surface area contributed by atoms with Gasteiger partial charge < -0.3 is 15.7 Å². The highest BCUT2D eigenvalue weighted by Gasteiger charge is 2.15. The van der Waals surface area contributed by atoms with E-state index in [9.17, 15) is 4.79 Å². The molecular weight excluding hydrogens is 248 g/mol. The Labute approximate surface area is 112 Å². The first-order chi connectivity index (χ1) is 8.71. The number of hydrogen-bond donors (Lipinski definition) is 3. The van der Waals surface area contributed by atoms with Crippen LogP contribution in [0, 0.1) is 0 Å². The number of carbonyl (C=O) groups excluding carboxylic acids is 1. The van der Waals surface area contributed by atoms with E-state index in [4.69, 9.17) is 5.11 Å². The van der Waals surface area contributed by atoms with Gasteiger partial charge in [-0.3, -0.25) is 0 Å². The Morgan fingerprint density at radius 2 is 2.17 bits per heavy atom. The van der Waals surface area contributed by atoms with Gasteiger partial charge in [0.25, 0.3) is 0 Å². The number of urea groups is 1. The SMILES string of the molecule is CCC(CCO)NC(=O)NC(CC)c1cccs1. The van der Waals surface area contributed by atoms with Crippen LogP contribution in [0.2, 0.25) is 0 Å². The van der Waals surface area contributed by atoms with E-state index >= 15 is 0 Å². The first kappa shape index (κ1) is 15.0. The Morgan fingerprint density at radius 3 is 2.67 bits per heavy atom. The maximum atomic E-state index is 11.9. The third-order valence-electron chi connectivity index (χ3n) is 2.91. The van der Waals surface area contributed by atoms with Crippen LogP contribution < -0.4 is 10.6 Å². The van der Waals surface area contributed by atoms with Crippen LogP contribution >= 0.6 is 11.3 Å². The second-order valence-corrected chi connectivity index (χ2v) is 5.19. The minimum Gasteiger partial charge on any atom is -0.396 e. The summed E-state index contributed by atoms with van der Waals surface area (Å²) in [6.45, 7) is 4.15. The molecule has 1 aromatic rings. The lowest BCUT2D eigenvalue weighted by atomic mass is 10.1. The minimum atomic E-state index is -0.157. The molecule has 102 valence electrons. The quantitative estimate of drug-likeness (QED) is 0.713. The standard InChI is InChI=1S/C13H22N2O2S/c1-3-10(7-8-16)14-13(17)15-11(4-2)12-6-5-9-18-12/h5-6,9-11,16H,3-4,7-8H2,1-2H3,(H2,14,15,17). The molecule has 0 bridgehead atoms. The van der Waals surface area contributed by atoms with Crippen molar-refractivity contribution < 1.29 is 9.90 Å². The van der Waals surface area contributed by atoms with Gasteiger partial charge in [0.15, 0.2) is 0 Å². The van der Waals surface area contributed by atoms with E-state index in [0.717, 1.165) is 12.8 Å². The maximum Gasteiger partial charge on any atom is 0.315 e. The summed E-state index contributed by atoms with van der Waals surface area (Å²) in [7, 11) is 0. The molecule has 2 unspecified atom stereocenters. The van der Waals surface area contributed by atoms with E-state index in [2.05, 4.69) is 17.6 Å². The molecule has 0 aliphatic heterocycles. The smallest absolute Gasteiger partial charge is 0.315 e. The van der Waals surface area contributed by atoms with Crippen LogP contribution in [0.15, 0.2) is 17.5 Å². The Balaban J connectivity index is 2.47. The molecule has 0 aliphatic rings. The molecule has 2 amide bonds. The third kappa shape index (κ3) is 4.66. The normalized spacial score (nSPS) is 13.9. The van der Waals surface area contributed by atoms with Gasteiger partial charge in [0, 0.05) is 17.5 Å². The van der Waals surface area contributed by atoms with E-state index in [0.29, 0.717) is 6.42 Å². The molecule has 2 atom stereocenters. The largest absolute Gasteiger partial charge is 0.396 e. The van der Waals surface area contributed by atoms with Gasteiger partial charge in [0.2, 0.25) is 0 Å². The molecule has 0 aromatic carbocycles.